The van der Waals surface area contributed by atoms with Crippen LogP contribution in [0.25, 0.3) is 122 Å². The number of nitrogens with zero attached hydrogens (tertiary/aromatic N) is 4. The van der Waals surface area contributed by atoms with Crippen molar-refractivity contribution in [3.8, 4) is 78.1 Å². The van der Waals surface area contributed by atoms with E-state index in [1.54, 1.807) is 0 Å². The number of aromatic nitrogens is 2. The lowest BCUT2D eigenvalue weighted by atomic mass is 9.33. The van der Waals surface area contributed by atoms with E-state index in [1.165, 1.54) is 87.9 Å². The zero-order chi connectivity index (χ0) is 79.4. The Hall–Kier alpha value is -12.4. The van der Waals surface area contributed by atoms with Crippen LogP contribution in [0, 0.1) is 0 Å². The molecule has 0 N–H and O–H groups in total. The van der Waals surface area contributed by atoms with Gasteiger partial charge >= 0.3 is 0 Å². The standard InChI is InChI=1S/C110H99BN4/c1-106(2,3)79-49-54-96-91(65-79)92-66-80(107(4,5)6)50-55-97(92)113(96)85-51-53-94-100(69-85)114(86-59-75(70-34-21-16-22-35-70)56-76(60-86)71-36-23-17-24-37-71)101-62-78(87-45-33-47-98-103(87)88-44-31-32-46-95(88)112(98)84-42-29-20-30-43-84)63-102-104(101)111(94)93-52-48-74(77-57-81(108(7,8)9)64-82(58-77)109(10,11)12)61-99(93)115(102)105-89(72-38-25-18-26-39-72)67-83(110(13,14)15)68-90(105)73-40-27-19-28-41-73/h16-69H,1-15H3. The van der Waals surface area contributed by atoms with Crippen LogP contribution in [-0.2, 0) is 27.1 Å². The van der Waals surface area contributed by atoms with Crippen molar-refractivity contribution < 1.29 is 0 Å². The molecule has 562 valence electrons. The second-order valence-corrected chi connectivity index (χ2v) is 37.4. The van der Waals surface area contributed by atoms with Gasteiger partial charge in [0.15, 0.2) is 0 Å². The number of hydrogen-bond donors (Lipinski definition) is 0. The minimum absolute atomic E-state index is 0.0698. The molecule has 17 aromatic rings. The second kappa shape index (κ2) is 27.1. The maximum Gasteiger partial charge on any atom is 0.252 e. The predicted molar refractivity (Wildman–Crippen MR) is 495 cm³/mol. The maximum atomic E-state index is 2.75. The van der Waals surface area contributed by atoms with E-state index in [9.17, 15) is 0 Å². The smallest absolute Gasteiger partial charge is 0.252 e. The summed E-state index contributed by atoms with van der Waals surface area (Å²) in [6.07, 6.45) is 0. The fraction of sp³-hybridized carbons (Fsp3) is 0.182. The fourth-order valence-corrected chi connectivity index (χ4v) is 18.3. The molecule has 0 unspecified atom stereocenters. The van der Waals surface area contributed by atoms with Crippen molar-refractivity contribution in [1.82, 2.24) is 9.13 Å². The average Bonchev–Trinajstić information content (AvgIpc) is 0.981. The number of benzene rings is 15. The third kappa shape index (κ3) is 12.6. The first-order chi connectivity index (χ1) is 55.2. The Morgan fingerprint density at radius 2 is 0.635 bits per heavy atom. The average molecular weight is 1490 g/mol. The number of para-hydroxylation sites is 2. The highest BCUT2D eigenvalue weighted by molar-refractivity contribution is 7.00. The Bertz CT molecular complexity index is 6480. The highest BCUT2D eigenvalue weighted by Crippen LogP contribution is 2.55. The van der Waals surface area contributed by atoms with Crippen molar-refractivity contribution in [1.29, 1.82) is 0 Å². The van der Waals surface area contributed by atoms with Crippen molar-refractivity contribution in [2.45, 2.75) is 131 Å². The van der Waals surface area contributed by atoms with E-state index in [-0.39, 0.29) is 33.8 Å². The molecule has 4 nitrogen and oxygen atoms in total. The van der Waals surface area contributed by atoms with Gasteiger partial charge in [0.2, 0.25) is 0 Å². The van der Waals surface area contributed by atoms with Gasteiger partial charge in [0.25, 0.3) is 6.71 Å². The van der Waals surface area contributed by atoms with Crippen LogP contribution in [0.3, 0.4) is 0 Å². The topological polar surface area (TPSA) is 16.3 Å². The first-order valence-electron chi connectivity index (χ1n) is 41.1. The van der Waals surface area contributed by atoms with Gasteiger partial charge in [-0.05, 0) is 236 Å². The van der Waals surface area contributed by atoms with Gasteiger partial charge in [-0.15, -0.1) is 0 Å². The van der Waals surface area contributed by atoms with Crippen LogP contribution in [0.4, 0.5) is 34.1 Å². The number of anilines is 6. The van der Waals surface area contributed by atoms with Gasteiger partial charge in [-0.3, -0.25) is 0 Å². The molecule has 19 rings (SSSR count). The quantitative estimate of drug-likeness (QED) is 0.127. The molecule has 115 heavy (non-hydrogen) atoms. The Morgan fingerprint density at radius 1 is 0.217 bits per heavy atom. The lowest BCUT2D eigenvalue weighted by Gasteiger charge is -2.45. The third-order valence-electron chi connectivity index (χ3n) is 24.6. The van der Waals surface area contributed by atoms with Gasteiger partial charge in [0, 0.05) is 72.5 Å². The molecule has 0 atom stereocenters. The van der Waals surface area contributed by atoms with Gasteiger partial charge in [0.1, 0.15) is 0 Å². The SMILES string of the molecule is CC(C)(C)c1cc(-c2ccc3c(c2)N(c2c(-c4ccccc4)cc(C(C)(C)C)cc2-c2ccccc2)c2cc(-c4cccc5c4c4ccccc4n5-c4ccccc4)cc4c2B3c2ccc(-n3c5ccc(C(C)(C)C)cc5c5cc(C(C)(C)C)ccc53)cc2N4c2cc(-c3ccccc3)cc(-c3ccccc3)c2)cc(C(C)(C)C)c1. The first kappa shape index (κ1) is 72.8. The summed E-state index contributed by atoms with van der Waals surface area (Å²) in [4.78, 5) is 5.44. The summed E-state index contributed by atoms with van der Waals surface area (Å²) in [7, 11) is 0. The van der Waals surface area contributed by atoms with E-state index >= 15 is 0 Å². The predicted octanol–water partition coefficient (Wildman–Crippen LogP) is 28.5. The van der Waals surface area contributed by atoms with Crippen molar-refractivity contribution in [3.05, 3.63) is 355 Å². The number of rotatable bonds is 10. The first-order valence-corrected chi connectivity index (χ1v) is 41.1. The molecule has 0 bridgehead atoms. The molecule has 0 fully saturated rings. The molecule has 0 saturated heterocycles. The molecule has 0 radical (unpaired) electrons. The van der Waals surface area contributed by atoms with Gasteiger partial charge < -0.3 is 18.9 Å². The summed E-state index contributed by atoms with van der Waals surface area (Å²) in [5, 5.41) is 4.91. The van der Waals surface area contributed by atoms with Crippen LogP contribution in [0.5, 0.6) is 0 Å². The van der Waals surface area contributed by atoms with Crippen LogP contribution >= 0.6 is 0 Å². The van der Waals surface area contributed by atoms with Crippen molar-refractivity contribution in [3.63, 3.8) is 0 Å². The zero-order valence-corrected chi connectivity index (χ0v) is 69.0. The summed E-state index contributed by atoms with van der Waals surface area (Å²) in [6, 6.07) is 126. The number of hydrogen-bond acceptors (Lipinski definition) is 2. The van der Waals surface area contributed by atoms with Crippen molar-refractivity contribution in [2.75, 3.05) is 9.80 Å². The van der Waals surface area contributed by atoms with E-state index in [0.29, 0.717) is 0 Å². The lowest BCUT2D eigenvalue weighted by Crippen LogP contribution is -2.61. The molecule has 5 heteroatoms. The van der Waals surface area contributed by atoms with E-state index in [4.69, 9.17) is 0 Å². The van der Waals surface area contributed by atoms with Gasteiger partial charge in [-0.2, -0.15) is 0 Å². The minimum Gasteiger partial charge on any atom is -0.311 e. The summed E-state index contributed by atoms with van der Waals surface area (Å²) in [6.45, 7) is 35.0. The van der Waals surface area contributed by atoms with Crippen molar-refractivity contribution in [2.24, 2.45) is 0 Å². The fourth-order valence-electron chi connectivity index (χ4n) is 18.3. The van der Waals surface area contributed by atoms with Gasteiger partial charge in [-0.25, -0.2) is 0 Å². The van der Waals surface area contributed by atoms with E-state index in [0.717, 1.165) is 112 Å². The molecule has 0 saturated carbocycles. The van der Waals surface area contributed by atoms with Crippen LogP contribution in [-0.4, -0.2) is 15.8 Å². The monoisotopic (exact) mass is 1490 g/mol. The zero-order valence-electron chi connectivity index (χ0n) is 69.0. The second-order valence-electron chi connectivity index (χ2n) is 37.4. The summed E-state index contributed by atoms with van der Waals surface area (Å²) in [5.41, 5.74) is 37.0. The lowest BCUT2D eigenvalue weighted by molar-refractivity contribution is 0.569. The van der Waals surface area contributed by atoms with Crippen LogP contribution in [0.1, 0.15) is 132 Å². The molecule has 4 heterocycles. The number of fused-ring (bicyclic) bond motifs is 10. The Morgan fingerprint density at radius 3 is 1.16 bits per heavy atom. The third-order valence-corrected chi connectivity index (χ3v) is 24.6. The van der Waals surface area contributed by atoms with Crippen LogP contribution in [0.2, 0.25) is 0 Å². The van der Waals surface area contributed by atoms with Crippen LogP contribution in [0.15, 0.2) is 328 Å². The van der Waals surface area contributed by atoms with E-state index in [2.05, 4.69) is 450 Å². The highest BCUT2D eigenvalue weighted by Gasteiger charge is 2.46. The van der Waals surface area contributed by atoms with E-state index in [1.807, 2.05) is 0 Å². The molecular weight excluding hydrogens is 1390 g/mol. The van der Waals surface area contributed by atoms with E-state index < -0.39 is 0 Å². The molecule has 2 aromatic heterocycles. The van der Waals surface area contributed by atoms with Gasteiger partial charge in [0.05, 0.1) is 27.8 Å². The molecule has 2 aliphatic heterocycles. The summed E-state index contributed by atoms with van der Waals surface area (Å²) in [5.74, 6) is 0. The molecule has 0 amide bonds. The Labute approximate surface area is 679 Å². The largest absolute Gasteiger partial charge is 0.311 e. The van der Waals surface area contributed by atoms with Crippen molar-refractivity contribution >= 4 is 101 Å². The molecule has 15 aromatic carbocycles. The maximum absolute atomic E-state index is 2.75. The molecule has 0 spiro atoms. The minimum atomic E-state index is -0.275. The molecule has 0 aliphatic carbocycles. The summed E-state index contributed by atoms with van der Waals surface area (Å²) >= 11 is 0. The Kier molecular flexibility index (Phi) is 17.2. The molecular formula is C110H99BN4. The highest BCUT2D eigenvalue weighted by atomic mass is 15.2. The Balaban J connectivity index is 1.01. The summed E-state index contributed by atoms with van der Waals surface area (Å²) < 4.78 is 5.04. The normalized spacial score (nSPS) is 13.1. The van der Waals surface area contributed by atoms with Gasteiger partial charge in [-0.1, -0.05) is 322 Å². The van der Waals surface area contributed by atoms with Crippen LogP contribution < -0.4 is 26.2 Å². The molecule has 2 aliphatic rings.